The number of carbonyl (C=O) groups is 1. The first-order valence-corrected chi connectivity index (χ1v) is 13.1. The average molecular weight is 490 g/mol. The summed E-state index contributed by atoms with van der Waals surface area (Å²) in [6.07, 6.45) is 7.54. The Morgan fingerprint density at radius 2 is 1.94 bits per heavy atom. The maximum absolute atomic E-state index is 13.3. The van der Waals surface area contributed by atoms with Gasteiger partial charge in [0.05, 0.1) is 19.3 Å². The number of likely N-dealkylation sites (tertiary alicyclic amines) is 1. The molecule has 190 valence electrons. The summed E-state index contributed by atoms with van der Waals surface area (Å²) >= 11 is 0. The number of furan rings is 1. The largest absolute Gasteiger partial charge is 0.463 e. The molecule has 1 atom stereocenters. The van der Waals surface area contributed by atoms with E-state index in [1.807, 2.05) is 41.0 Å². The zero-order valence-electron chi connectivity index (χ0n) is 21.2. The molecule has 5 rings (SSSR count). The second-order valence-corrected chi connectivity index (χ2v) is 9.71. The van der Waals surface area contributed by atoms with Gasteiger partial charge in [-0.05, 0) is 50.4 Å². The number of aromatic nitrogens is 3. The summed E-state index contributed by atoms with van der Waals surface area (Å²) in [5.41, 5.74) is 1.36. The smallest absolute Gasteiger partial charge is 0.291 e. The van der Waals surface area contributed by atoms with Crippen molar-refractivity contribution in [2.45, 2.75) is 78.2 Å². The number of hydrogen-bond acceptors (Lipinski definition) is 5. The van der Waals surface area contributed by atoms with Crippen LogP contribution >= 0.6 is 0 Å². The van der Waals surface area contributed by atoms with Crippen LogP contribution in [0.4, 0.5) is 0 Å². The van der Waals surface area contributed by atoms with Gasteiger partial charge in [0.1, 0.15) is 23.6 Å². The predicted molar refractivity (Wildman–Crippen MR) is 141 cm³/mol. The Bertz CT molecular complexity index is 1420. The van der Waals surface area contributed by atoms with E-state index in [0.717, 1.165) is 54.5 Å². The Morgan fingerprint density at radius 1 is 1.11 bits per heavy atom. The number of hydrogen-bond donors (Lipinski definition) is 1. The number of piperidine rings is 1. The van der Waals surface area contributed by atoms with E-state index in [1.165, 1.54) is 23.9 Å². The van der Waals surface area contributed by atoms with Gasteiger partial charge in [-0.2, -0.15) is 5.10 Å². The quantitative estimate of drug-likeness (QED) is 0.376. The molecule has 36 heavy (non-hydrogen) atoms. The van der Waals surface area contributed by atoms with Crippen molar-refractivity contribution in [1.82, 2.24) is 24.6 Å². The third-order valence-corrected chi connectivity index (χ3v) is 7.27. The van der Waals surface area contributed by atoms with Gasteiger partial charge in [-0.1, -0.05) is 38.5 Å². The third-order valence-electron chi connectivity index (χ3n) is 7.27. The standard InChI is InChI=1S/C28H35N5O3/c1-3-14-32-25-11-6-5-10-23(25)24-17-30-33(28(35)27(24)32)19-26(34)29-16-21-12-13-22(36-21)18-31-15-8-7-9-20(31)4-2/h5-6,10-13,17,20H,3-4,7-9,14-16,18-19H2,1-2H3,(H,29,34). The summed E-state index contributed by atoms with van der Waals surface area (Å²) in [5, 5.41) is 9.01. The van der Waals surface area contributed by atoms with E-state index in [2.05, 4.69) is 29.2 Å². The van der Waals surface area contributed by atoms with E-state index < -0.39 is 0 Å². The molecule has 1 aliphatic heterocycles. The molecule has 1 aliphatic rings. The molecule has 0 bridgehead atoms. The molecule has 1 saturated heterocycles. The van der Waals surface area contributed by atoms with Crippen molar-refractivity contribution in [3.8, 4) is 0 Å². The highest BCUT2D eigenvalue weighted by molar-refractivity contribution is 6.07. The van der Waals surface area contributed by atoms with E-state index in [0.29, 0.717) is 17.3 Å². The van der Waals surface area contributed by atoms with Gasteiger partial charge in [0.15, 0.2) is 0 Å². The minimum atomic E-state index is -0.276. The van der Waals surface area contributed by atoms with Crippen molar-refractivity contribution >= 4 is 27.7 Å². The summed E-state index contributed by atoms with van der Waals surface area (Å²) in [5.74, 6) is 1.36. The van der Waals surface area contributed by atoms with Crippen LogP contribution in [-0.4, -0.2) is 37.7 Å². The highest BCUT2D eigenvalue weighted by Crippen LogP contribution is 2.26. The molecule has 1 unspecified atom stereocenters. The zero-order chi connectivity index (χ0) is 25.1. The lowest BCUT2D eigenvalue weighted by Crippen LogP contribution is -2.38. The zero-order valence-corrected chi connectivity index (χ0v) is 21.2. The van der Waals surface area contributed by atoms with Crippen LogP contribution in [0.25, 0.3) is 21.8 Å². The van der Waals surface area contributed by atoms with Crippen LogP contribution in [0.15, 0.2) is 51.8 Å². The molecule has 4 aromatic rings. The lowest BCUT2D eigenvalue weighted by molar-refractivity contribution is -0.122. The molecule has 1 fully saturated rings. The molecule has 1 N–H and O–H groups in total. The summed E-state index contributed by atoms with van der Waals surface area (Å²) in [4.78, 5) is 28.5. The van der Waals surface area contributed by atoms with E-state index in [9.17, 15) is 9.59 Å². The average Bonchev–Trinajstić information content (AvgIpc) is 3.48. The molecule has 8 nitrogen and oxygen atoms in total. The van der Waals surface area contributed by atoms with Crippen molar-refractivity contribution in [3.05, 3.63) is 64.5 Å². The Balaban J connectivity index is 1.26. The van der Waals surface area contributed by atoms with Crippen LogP contribution in [0, 0.1) is 0 Å². The van der Waals surface area contributed by atoms with Crippen LogP contribution in [0.5, 0.6) is 0 Å². The van der Waals surface area contributed by atoms with Crippen molar-refractivity contribution < 1.29 is 9.21 Å². The number of nitrogens with one attached hydrogen (secondary N) is 1. The molecule has 1 amide bonds. The van der Waals surface area contributed by atoms with Gasteiger partial charge in [-0.25, -0.2) is 4.68 Å². The van der Waals surface area contributed by atoms with Gasteiger partial charge in [-0.15, -0.1) is 0 Å². The Kier molecular flexibility index (Phi) is 7.23. The number of nitrogens with zero attached hydrogens (tertiary/aromatic N) is 4. The molecule has 0 radical (unpaired) electrons. The first-order chi connectivity index (χ1) is 17.6. The van der Waals surface area contributed by atoms with Crippen LogP contribution in [0.1, 0.15) is 57.5 Å². The summed E-state index contributed by atoms with van der Waals surface area (Å²) in [6.45, 7) is 7.11. The number of amides is 1. The minimum Gasteiger partial charge on any atom is -0.463 e. The third kappa shape index (κ3) is 4.82. The molecular formula is C28H35N5O3. The molecule has 8 heteroatoms. The maximum Gasteiger partial charge on any atom is 0.291 e. The lowest BCUT2D eigenvalue weighted by Gasteiger charge is -2.34. The SMILES string of the molecule is CCCn1c2ccccc2c2cnn(CC(=O)NCc3ccc(CN4CCCCC4CC)o3)c(=O)c21. The van der Waals surface area contributed by atoms with E-state index in [-0.39, 0.29) is 24.6 Å². The monoisotopic (exact) mass is 489 g/mol. The summed E-state index contributed by atoms with van der Waals surface area (Å²) in [7, 11) is 0. The van der Waals surface area contributed by atoms with Crippen molar-refractivity contribution in [2.75, 3.05) is 6.54 Å². The number of aryl methyl sites for hydroxylation is 1. The van der Waals surface area contributed by atoms with E-state index in [1.54, 1.807) is 6.20 Å². The first-order valence-electron chi connectivity index (χ1n) is 13.1. The molecule has 0 spiro atoms. The Hall–Kier alpha value is -3.39. The molecule has 0 aliphatic carbocycles. The van der Waals surface area contributed by atoms with Crippen LogP contribution in [-0.2, 0) is 31.0 Å². The van der Waals surface area contributed by atoms with Crippen molar-refractivity contribution in [3.63, 3.8) is 0 Å². The number of rotatable bonds is 9. The van der Waals surface area contributed by atoms with Crippen molar-refractivity contribution in [1.29, 1.82) is 0 Å². The summed E-state index contributed by atoms with van der Waals surface area (Å²) < 4.78 is 9.28. The van der Waals surface area contributed by atoms with Gasteiger partial charge < -0.3 is 14.3 Å². The molecule has 1 aromatic carbocycles. The highest BCUT2D eigenvalue weighted by atomic mass is 16.3. The molecule has 0 saturated carbocycles. The fraction of sp³-hybridized carbons (Fsp3) is 0.464. The van der Waals surface area contributed by atoms with Gasteiger partial charge >= 0.3 is 0 Å². The van der Waals surface area contributed by atoms with Crippen LogP contribution in [0.2, 0.25) is 0 Å². The van der Waals surface area contributed by atoms with Crippen LogP contribution in [0.3, 0.4) is 0 Å². The van der Waals surface area contributed by atoms with Gasteiger partial charge in [-0.3, -0.25) is 14.5 Å². The second-order valence-electron chi connectivity index (χ2n) is 9.71. The lowest BCUT2D eigenvalue weighted by atomic mass is 10.00. The predicted octanol–water partition coefficient (Wildman–Crippen LogP) is 4.44. The fourth-order valence-electron chi connectivity index (χ4n) is 5.47. The number of para-hydroxylation sites is 1. The highest BCUT2D eigenvalue weighted by Gasteiger charge is 2.22. The Morgan fingerprint density at radius 3 is 2.78 bits per heavy atom. The fourth-order valence-corrected chi connectivity index (χ4v) is 5.47. The van der Waals surface area contributed by atoms with E-state index >= 15 is 0 Å². The topological polar surface area (TPSA) is 85.3 Å². The Labute approximate surface area is 210 Å². The number of benzene rings is 1. The van der Waals surface area contributed by atoms with E-state index in [4.69, 9.17) is 4.42 Å². The normalized spacial score (nSPS) is 16.7. The maximum atomic E-state index is 13.3. The van der Waals surface area contributed by atoms with Gasteiger partial charge in [0.25, 0.3) is 5.56 Å². The number of fused-ring (bicyclic) bond motifs is 3. The summed E-state index contributed by atoms with van der Waals surface area (Å²) in [6, 6.07) is 12.5. The molecule has 4 heterocycles. The first kappa shape index (κ1) is 24.3. The molecular weight excluding hydrogens is 454 g/mol. The molecule has 3 aromatic heterocycles. The van der Waals surface area contributed by atoms with Crippen LogP contribution < -0.4 is 10.9 Å². The van der Waals surface area contributed by atoms with Gasteiger partial charge in [0.2, 0.25) is 5.91 Å². The van der Waals surface area contributed by atoms with Crippen molar-refractivity contribution in [2.24, 2.45) is 0 Å². The minimum absolute atomic E-state index is 0.137. The second kappa shape index (κ2) is 10.7. The number of carbonyl (C=O) groups excluding carboxylic acids is 1. The van der Waals surface area contributed by atoms with Gasteiger partial charge in [0, 0.05) is 28.9 Å².